The van der Waals surface area contributed by atoms with Gasteiger partial charge in [-0.2, -0.15) is 0 Å². The van der Waals surface area contributed by atoms with Crippen molar-refractivity contribution in [3.8, 4) is 0 Å². The number of hydrogen-bond acceptors (Lipinski definition) is 2. The van der Waals surface area contributed by atoms with Crippen LogP contribution in [0.2, 0.25) is 0 Å². The van der Waals surface area contributed by atoms with Crippen molar-refractivity contribution in [1.82, 2.24) is 10.6 Å². The van der Waals surface area contributed by atoms with Crippen molar-refractivity contribution < 1.29 is 4.21 Å². The van der Waals surface area contributed by atoms with Crippen molar-refractivity contribution in [2.24, 2.45) is 4.99 Å². The van der Waals surface area contributed by atoms with Gasteiger partial charge < -0.3 is 10.6 Å². The van der Waals surface area contributed by atoms with Gasteiger partial charge in [-0.25, -0.2) is 0 Å². The SMILES string of the molecule is CCNC(=NCCS(=O)c1ccccc1)NC(C)c1ccccc1. The van der Waals surface area contributed by atoms with Crippen LogP contribution in [-0.2, 0) is 10.8 Å². The van der Waals surface area contributed by atoms with Gasteiger partial charge >= 0.3 is 0 Å². The maximum atomic E-state index is 12.2. The number of hydrogen-bond donors (Lipinski definition) is 2. The Balaban J connectivity index is 1.92. The molecule has 0 saturated carbocycles. The number of rotatable bonds is 7. The first-order valence-corrected chi connectivity index (χ1v) is 9.55. The van der Waals surface area contributed by atoms with Gasteiger partial charge in [-0.15, -0.1) is 0 Å². The number of nitrogens with zero attached hydrogens (tertiary/aromatic N) is 1. The summed E-state index contributed by atoms with van der Waals surface area (Å²) >= 11 is 0. The summed E-state index contributed by atoms with van der Waals surface area (Å²) in [5.41, 5.74) is 1.20. The smallest absolute Gasteiger partial charge is 0.191 e. The van der Waals surface area contributed by atoms with Gasteiger partial charge in [-0.3, -0.25) is 9.20 Å². The third-order valence-corrected chi connectivity index (χ3v) is 4.90. The van der Waals surface area contributed by atoms with E-state index in [2.05, 4.69) is 34.7 Å². The number of nitrogens with one attached hydrogen (secondary N) is 2. The highest BCUT2D eigenvalue weighted by molar-refractivity contribution is 7.85. The van der Waals surface area contributed by atoms with E-state index < -0.39 is 10.8 Å². The predicted molar refractivity (Wildman–Crippen MR) is 102 cm³/mol. The zero-order valence-corrected chi connectivity index (χ0v) is 15.1. The van der Waals surface area contributed by atoms with E-state index in [4.69, 9.17) is 0 Å². The molecule has 0 amide bonds. The second-order valence-corrected chi connectivity index (χ2v) is 6.97. The molecular formula is C19H25N3OS. The van der Waals surface area contributed by atoms with Crippen LogP contribution in [0.4, 0.5) is 0 Å². The molecule has 128 valence electrons. The molecule has 0 bridgehead atoms. The summed E-state index contributed by atoms with van der Waals surface area (Å²) in [6.07, 6.45) is 0. The summed E-state index contributed by atoms with van der Waals surface area (Å²) < 4.78 is 12.2. The molecule has 24 heavy (non-hydrogen) atoms. The second-order valence-electron chi connectivity index (χ2n) is 5.40. The highest BCUT2D eigenvalue weighted by Crippen LogP contribution is 2.10. The average molecular weight is 343 g/mol. The highest BCUT2D eigenvalue weighted by Gasteiger charge is 2.07. The van der Waals surface area contributed by atoms with Gasteiger partial charge in [0.25, 0.3) is 0 Å². The van der Waals surface area contributed by atoms with Gasteiger partial charge in [0.15, 0.2) is 5.96 Å². The monoisotopic (exact) mass is 343 g/mol. The molecule has 0 saturated heterocycles. The fraction of sp³-hybridized carbons (Fsp3) is 0.316. The normalized spacial score (nSPS) is 14.0. The summed E-state index contributed by atoms with van der Waals surface area (Å²) in [7, 11) is -1.02. The lowest BCUT2D eigenvalue weighted by atomic mass is 10.1. The number of guanidine groups is 1. The average Bonchev–Trinajstić information content (AvgIpc) is 2.63. The van der Waals surface area contributed by atoms with Crippen LogP contribution < -0.4 is 10.6 Å². The van der Waals surface area contributed by atoms with Crippen LogP contribution in [0.5, 0.6) is 0 Å². The van der Waals surface area contributed by atoms with Crippen molar-refractivity contribution >= 4 is 16.8 Å². The van der Waals surface area contributed by atoms with E-state index in [1.54, 1.807) is 0 Å². The Labute approximate surface area is 146 Å². The summed E-state index contributed by atoms with van der Waals surface area (Å²) in [4.78, 5) is 5.40. The first-order valence-electron chi connectivity index (χ1n) is 8.24. The summed E-state index contributed by atoms with van der Waals surface area (Å²) in [6.45, 7) is 5.43. The molecule has 0 aromatic heterocycles. The van der Waals surface area contributed by atoms with E-state index in [0.29, 0.717) is 12.3 Å². The molecule has 2 aromatic rings. The minimum atomic E-state index is -1.02. The third-order valence-electron chi connectivity index (χ3n) is 3.55. The van der Waals surface area contributed by atoms with Crippen LogP contribution in [0, 0.1) is 0 Å². The molecule has 0 aliphatic carbocycles. The van der Waals surface area contributed by atoms with Crippen molar-refractivity contribution in [3.63, 3.8) is 0 Å². The molecule has 0 spiro atoms. The second kappa shape index (κ2) is 9.88. The van der Waals surface area contributed by atoms with Gasteiger partial charge in [0.05, 0.1) is 23.4 Å². The highest BCUT2D eigenvalue weighted by atomic mass is 32.2. The first kappa shape index (κ1) is 18.2. The lowest BCUT2D eigenvalue weighted by Gasteiger charge is -2.18. The minimum Gasteiger partial charge on any atom is -0.357 e. The molecule has 2 atom stereocenters. The van der Waals surface area contributed by atoms with Gasteiger partial charge in [0.2, 0.25) is 0 Å². The molecule has 0 aliphatic rings. The molecule has 0 aliphatic heterocycles. The number of benzene rings is 2. The molecule has 2 aromatic carbocycles. The number of aliphatic imine (C=N–C) groups is 1. The molecular weight excluding hydrogens is 318 g/mol. The van der Waals surface area contributed by atoms with Crippen LogP contribution in [0.1, 0.15) is 25.5 Å². The Kier molecular flexibility index (Phi) is 7.49. The molecule has 2 unspecified atom stereocenters. The lowest BCUT2D eigenvalue weighted by molar-refractivity contribution is 0.680. The van der Waals surface area contributed by atoms with E-state index in [1.165, 1.54) is 5.56 Å². The Bertz CT molecular complexity index is 659. The van der Waals surface area contributed by atoms with Crippen molar-refractivity contribution in [3.05, 3.63) is 66.2 Å². The summed E-state index contributed by atoms with van der Waals surface area (Å²) in [5.74, 6) is 1.26. The van der Waals surface area contributed by atoms with Gasteiger partial charge in [0.1, 0.15) is 0 Å². The first-order chi connectivity index (χ1) is 11.7. The molecule has 0 fully saturated rings. The van der Waals surface area contributed by atoms with Gasteiger partial charge in [-0.1, -0.05) is 48.5 Å². The van der Waals surface area contributed by atoms with E-state index >= 15 is 0 Å². The summed E-state index contributed by atoms with van der Waals surface area (Å²) in [6, 6.07) is 19.9. The van der Waals surface area contributed by atoms with Crippen molar-refractivity contribution in [2.45, 2.75) is 24.8 Å². The molecule has 2 N–H and O–H groups in total. The van der Waals surface area contributed by atoms with Gasteiger partial charge in [0, 0.05) is 17.2 Å². The Morgan fingerprint density at radius 3 is 2.33 bits per heavy atom. The Hall–Kier alpha value is -2.14. The van der Waals surface area contributed by atoms with Crippen LogP contribution in [0.15, 0.2) is 70.6 Å². The standard InChI is InChI=1S/C19H25N3OS/c1-3-20-19(22-16(2)17-10-6-4-7-11-17)21-14-15-24(23)18-12-8-5-9-13-18/h4-13,16H,3,14-15H2,1-2H3,(H2,20,21,22). The third kappa shape index (κ3) is 5.81. The molecule has 2 rings (SSSR count). The topological polar surface area (TPSA) is 53.5 Å². The molecule has 0 heterocycles. The van der Waals surface area contributed by atoms with Crippen LogP contribution in [-0.4, -0.2) is 29.0 Å². The maximum absolute atomic E-state index is 12.2. The summed E-state index contributed by atoms with van der Waals surface area (Å²) in [5, 5.41) is 6.62. The van der Waals surface area contributed by atoms with Crippen LogP contribution in [0.25, 0.3) is 0 Å². The van der Waals surface area contributed by atoms with Crippen molar-refractivity contribution in [1.29, 1.82) is 0 Å². The van der Waals surface area contributed by atoms with E-state index in [1.807, 2.05) is 55.5 Å². The van der Waals surface area contributed by atoms with Crippen LogP contribution in [0.3, 0.4) is 0 Å². The predicted octanol–water partition coefficient (Wildman–Crippen LogP) is 3.11. The van der Waals surface area contributed by atoms with E-state index in [0.717, 1.165) is 17.4 Å². The zero-order valence-electron chi connectivity index (χ0n) is 14.2. The van der Waals surface area contributed by atoms with Crippen molar-refractivity contribution in [2.75, 3.05) is 18.8 Å². The maximum Gasteiger partial charge on any atom is 0.191 e. The Morgan fingerprint density at radius 1 is 1.08 bits per heavy atom. The molecule has 5 heteroatoms. The van der Waals surface area contributed by atoms with E-state index in [-0.39, 0.29) is 6.04 Å². The quantitative estimate of drug-likeness (QED) is 0.600. The van der Waals surface area contributed by atoms with E-state index in [9.17, 15) is 4.21 Å². The van der Waals surface area contributed by atoms with Gasteiger partial charge in [-0.05, 0) is 31.5 Å². The molecule has 0 radical (unpaired) electrons. The fourth-order valence-corrected chi connectivity index (χ4v) is 3.23. The lowest BCUT2D eigenvalue weighted by Crippen LogP contribution is -2.39. The fourth-order valence-electron chi connectivity index (χ4n) is 2.28. The zero-order chi connectivity index (χ0) is 17.2. The molecule has 4 nitrogen and oxygen atoms in total. The largest absolute Gasteiger partial charge is 0.357 e. The Morgan fingerprint density at radius 2 is 1.71 bits per heavy atom. The minimum absolute atomic E-state index is 0.156. The van der Waals surface area contributed by atoms with Crippen LogP contribution >= 0.6 is 0 Å².